The van der Waals surface area contributed by atoms with Crippen molar-refractivity contribution in [2.75, 3.05) is 5.32 Å². The van der Waals surface area contributed by atoms with E-state index in [-0.39, 0.29) is 11.3 Å². The van der Waals surface area contributed by atoms with Crippen LogP contribution >= 0.6 is 0 Å². The standard InChI is InChI=1S/C20H25N3O/c1-12-16(13(2)23(5)22-12)18(24)21-15-8-6-7-14-17(15)20(9-10-20)11-19(14,3)4/h6-8H,9-11H2,1-5H3,(H,21,24). The van der Waals surface area contributed by atoms with Crippen molar-refractivity contribution in [3.63, 3.8) is 0 Å². The number of carbonyl (C=O) groups excluding carboxylic acids is 1. The summed E-state index contributed by atoms with van der Waals surface area (Å²) in [5.74, 6) is -0.0491. The number of amides is 1. The number of aryl methyl sites for hydroxylation is 2. The Labute approximate surface area is 143 Å². The molecule has 1 heterocycles. The van der Waals surface area contributed by atoms with E-state index in [9.17, 15) is 4.79 Å². The molecule has 0 saturated heterocycles. The number of fused-ring (bicyclic) bond motifs is 2. The first-order chi connectivity index (χ1) is 11.3. The summed E-state index contributed by atoms with van der Waals surface area (Å²) in [6, 6.07) is 6.36. The van der Waals surface area contributed by atoms with Crippen LogP contribution in [0.1, 0.15) is 66.0 Å². The van der Waals surface area contributed by atoms with Gasteiger partial charge in [0.2, 0.25) is 0 Å². The van der Waals surface area contributed by atoms with Crippen molar-refractivity contribution in [2.24, 2.45) is 7.05 Å². The van der Waals surface area contributed by atoms with Crippen LogP contribution in [0.2, 0.25) is 0 Å². The van der Waals surface area contributed by atoms with Gasteiger partial charge in [-0.05, 0) is 61.1 Å². The predicted octanol–water partition coefficient (Wildman–Crippen LogP) is 4.00. The monoisotopic (exact) mass is 323 g/mol. The number of hydrogen-bond acceptors (Lipinski definition) is 2. The second kappa shape index (κ2) is 4.71. The van der Waals surface area contributed by atoms with Crippen LogP contribution in [0, 0.1) is 13.8 Å². The minimum absolute atomic E-state index is 0.0491. The van der Waals surface area contributed by atoms with Crippen LogP contribution in [0.3, 0.4) is 0 Å². The van der Waals surface area contributed by atoms with Gasteiger partial charge >= 0.3 is 0 Å². The molecular weight excluding hydrogens is 298 g/mol. The van der Waals surface area contributed by atoms with Crippen LogP contribution in [0.15, 0.2) is 18.2 Å². The zero-order chi connectivity index (χ0) is 17.3. The quantitative estimate of drug-likeness (QED) is 0.908. The molecule has 1 aromatic carbocycles. The molecule has 1 amide bonds. The fourth-order valence-corrected chi connectivity index (χ4v) is 4.69. The molecule has 1 fully saturated rings. The van der Waals surface area contributed by atoms with Crippen LogP contribution in [0.5, 0.6) is 0 Å². The number of rotatable bonds is 2. The topological polar surface area (TPSA) is 46.9 Å². The van der Waals surface area contributed by atoms with Gasteiger partial charge in [-0.3, -0.25) is 9.48 Å². The van der Waals surface area contributed by atoms with Crippen molar-refractivity contribution < 1.29 is 4.79 Å². The molecule has 2 aromatic rings. The van der Waals surface area contributed by atoms with E-state index in [0.717, 1.165) is 17.1 Å². The van der Waals surface area contributed by atoms with Gasteiger partial charge in [0.15, 0.2) is 0 Å². The maximum absolute atomic E-state index is 12.9. The molecule has 0 aliphatic heterocycles. The number of nitrogens with one attached hydrogen (secondary N) is 1. The van der Waals surface area contributed by atoms with Crippen LogP contribution < -0.4 is 5.32 Å². The van der Waals surface area contributed by atoms with Gasteiger partial charge in [-0.1, -0.05) is 26.0 Å². The first-order valence-electron chi connectivity index (χ1n) is 8.71. The van der Waals surface area contributed by atoms with E-state index in [1.807, 2.05) is 20.9 Å². The molecular formula is C20H25N3O. The largest absolute Gasteiger partial charge is 0.322 e. The van der Waals surface area contributed by atoms with Crippen molar-refractivity contribution >= 4 is 11.6 Å². The van der Waals surface area contributed by atoms with Gasteiger partial charge in [0.05, 0.1) is 11.3 Å². The maximum atomic E-state index is 12.9. The summed E-state index contributed by atoms with van der Waals surface area (Å²) < 4.78 is 1.77. The summed E-state index contributed by atoms with van der Waals surface area (Å²) >= 11 is 0. The molecule has 1 N–H and O–H groups in total. The Balaban J connectivity index is 1.75. The molecule has 0 radical (unpaired) electrons. The highest BCUT2D eigenvalue weighted by Crippen LogP contribution is 2.64. The highest BCUT2D eigenvalue weighted by molar-refractivity contribution is 6.06. The summed E-state index contributed by atoms with van der Waals surface area (Å²) in [5, 5.41) is 7.56. The zero-order valence-corrected chi connectivity index (χ0v) is 15.2. The highest BCUT2D eigenvalue weighted by atomic mass is 16.1. The van der Waals surface area contributed by atoms with Crippen LogP contribution in [-0.4, -0.2) is 15.7 Å². The fourth-order valence-electron chi connectivity index (χ4n) is 4.69. The Bertz CT molecular complexity index is 856. The van der Waals surface area contributed by atoms with Crippen molar-refractivity contribution in [2.45, 2.75) is 57.8 Å². The SMILES string of the molecule is Cc1nn(C)c(C)c1C(=O)Nc1cccc2c1C1(CC1)CC2(C)C. The van der Waals surface area contributed by atoms with E-state index in [1.54, 1.807) is 4.68 Å². The van der Waals surface area contributed by atoms with Gasteiger partial charge in [0.25, 0.3) is 5.91 Å². The lowest BCUT2D eigenvalue weighted by atomic mass is 9.85. The zero-order valence-electron chi connectivity index (χ0n) is 15.2. The number of benzene rings is 1. The lowest BCUT2D eigenvalue weighted by Crippen LogP contribution is -2.17. The fraction of sp³-hybridized carbons (Fsp3) is 0.500. The number of hydrogen-bond donors (Lipinski definition) is 1. The average molecular weight is 323 g/mol. The molecule has 1 spiro atoms. The Kier molecular flexibility index (Phi) is 3.03. The smallest absolute Gasteiger partial charge is 0.259 e. The molecule has 4 rings (SSSR count). The minimum Gasteiger partial charge on any atom is -0.322 e. The average Bonchev–Trinajstić information content (AvgIpc) is 3.14. The van der Waals surface area contributed by atoms with E-state index in [1.165, 1.54) is 30.4 Å². The molecule has 2 aliphatic carbocycles. The lowest BCUT2D eigenvalue weighted by molar-refractivity contribution is 0.102. The lowest BCUT2D eigenvalue weighted by Gasteiger charge is -2.19. The molecule has 0 unspecified atom stereocenters. The van der Waals surface area contributed by atoms with E-state index in [0.29, 0.717) is 11.0 Å². The Morgan fingerprint density at radius 2 is 1.96 bits per heavy atom. The number of carbonyl (C=O) groups is 1. The van der Waals surface area contributed by atoms with Crippen molar-refractivity contribution in [3.8, 4) is 0 Å². The van der Waals surface area contributed by atoms with Crippen molar-refractivity contribution in [3.05, 3.63) is 46.3 Å². The maximum Gasteiger partial charge on any atom is 0.259 e. The molecule has 0 atom stereocenters. The summed E-state index contributed by atoms with van der Waals surface area (Å²) in [6.45, 7) is 8.47. The summed E-state index contributed by atoms with van der Waals surface area (Å²) in [4.78, 5) is 12.9. The third-order valence-electron chi connectivity index (χ3n) is 5.94. The third-order valence-corrected chi connectivity index (χ3v) is 5.94. The van der Waals surface area contributed by atoms with Gasteiger partial charge in [-0.2, -0.15) is 5.10 Å². The predicted molar refractivity (Wildman–Crippen MR) is 95.6 cm³/mol. The third kappa shape index (κ3) is 2.05. The minimum atomic E-state index is -0.0491. The van der Waals surface area contributed by atoms with Gasteiger partial charge in [0, 0.05) is 18.4 Å². The molecule has 24 heavy (non-hydrogen) atoms. The molecule has 126 valence electrons. The van der Waals surface area contributed by atoms with Crippen LogP contribution in [0.25, 0.3) is 0 Å². The molecule has 1 saturated carbocycles. The van der Waals surface area contributed by atoms with Crippen molar-refractivity contribution in [1.29, 1.82) is 0 Å². The molecule has 4 nitrogen and oxygen atoms in total. The summed E-state index contributed by atoms with van der Waals surface area (Å²) in [6.07, 6.45) is 3.66. The number of anilines is 1. The first kappa shape index (κ1) is 15.4. The second-order valence-electron chi connectivity index (χ2n) is 8.19. The van der Waals surface area contributed by atoms with Crippen LogP contribution in [-0.2, 0) is 17.9 Å². The highest BCUT2D eigenvalue weighted by Gasteiger charge is 2.56. The van der Waals surface area contributed by atoms with E-state index in [2.05, 4.69) is 42.5 Å². The van der Waals surface area contributed by atoms with Gasteiger partial charge in [-0.25, -0.2) is 0 Å². The first-order valence-corrected chi connectivity index (χ1v) is 8.71. The van der Waals surface area contributed by atoms with Gasteiger partial charge < -0.3 is 5.32 Å². The molecule has 4 heteroatoms. The second-order valence-corrected chi connectivity index (χ2v) is 8.19. The normalized spacial score (nSPS) is 19.4. The molecule has 0 bridgehead atoms. The Hall–Kier alpha value is -2.10. The van der Waals surface area contributed by atoms with Crippen molar-refractivity contribution in [1.82, 2.24) is 9.78 Å². The molecule has 2 aliphatic rings. The number of nitrogens with zero attached hydrogens (tertiary/aromatic N) is 2. The van der Waals surface area contributed by atoms with Gasteiger partial charge in [0.1, 0.15) is 0 Å². The molecule has 1 aromatic heterocycles. The Morgan fingerprint density at radius 3 is 2.54 bits per heavy atom. The summed E-state index contributed by atoms with van der Waals surface area (Å²) in [5.41, 5.74) is 6.62. The van der Waals surface area contributed by atoms with E-state index < -0.39 is 0 Å². The van der Waals surface area contributed by atoms with E-state index >= 15 is 0 Å². The Morgan fingerprint density at radius 1 is 1.25 bits per heavy atom. The summed E-state index contributed by atoms with van der Waals surface area (Å²) in [7, 11) is 1.88. The number of aromatic nitrogens is 2. The van der Waals surface area contributed by atoms with Crippen LogP contribution in [0.4, 0.5) is 5.69 Å². The van der Waals surface area contributed by atoms with E-state index in [4.69, 9.17) is 0 Å². The van der Waals surface area contributed by atoms with Gasteiger partial charge in [-0.15, -0.1) is 0 Å².